The van der Waals surface area contributed by atoms with Crippen molar-refractivity contribution in [3.8, 4) is 0 Å². The van der Waals surface area contributed by atoms with Gasteiger partial charge in [-0.1, -0.05) is 12.1 Å². The monoisotopic (exact) mass is 456 g/mol. The number of benzene rings is 1. The van der Waals surface area contributed by atoms with Gasteiger partial charge in [0.05, 0.1) is 34.3 Å². The van der Waals surface area contributed by atoms with Crippen molar-refractivity contribution >= 4 is 17.5 Å². The summed E-state index contributed by atoms with van der Waals surface area (Å²) in [4.78, 5) is 14.0. The van der Waals surface area contributed by atoms with Crippen LogP contribution in [0, 0.1) is 6.92 Å². The number of likely N-dealkylation sites (tertiary alicyclic amines) is 1. The lowest BCUT2D eigenvalue weighted by atomic mass is 10.0. The highest BCUT2D eigenvalue weighted by Gasteiger charge is 2.42. The van der Waals surface area contributed by atoms with E-state index < -0.39 is 11.7 Å². The first-order valence-corrected chi connectivity index (χ1v) is 10.2. The Morgan fingerprint density at radius 2 is 2.00 bits per heavy atom. The van der Waals surface area contributed by atoms with Crippen LogP contribution >= 0.6 is 0 Å². The number of alkyl halides is 3. The minimum absolute atomic E-state index is 0.00952. The first-order valence-electron chi connectivity index (χ1n) is 10.2. The Labute approximate surface area is 186 Å². The van der Waals surface area contributed by atoms with Gasteiger partial charge in [-0.15, -0.1) is 10.2 Å². The van der Waals surface area contributed by atoms with Crippen LogP contribution in [0.4, 0.5) is 18.9 Å². The number of aromatic nitrogens is 2. The fraction of sp³-hybridized carbons (Fsp3) is 0.227. The van der Waals surface area contributed by atoms with E-state index in [-0.39, 0.29) is 17.6 Å². The van der Waals surface area contributed by atoms with Gasteiger partial charge < -0.3 is 19.6 Å². The third kappa shape index (κ3) is 3.65. The SMILES string of the molecule is Cc1nnc(C2=C3C(=CNN3C3CN(C=CC=O)C3)N(c3ccccc3C(F)(F)F)C=C2)o1. The predicted molar refractivity (Wildman–Crippen MR) is 113 cm³/mol. The number of halogens is 3. The van der Waals surface area contributed by atoms with E-state index in [1.807, 2.05) is 9.91 Å². The van der Waals surface area contributed by atoms with Crippen molar-refractivity contribution in [2.24, 2.45) is 0 Å². The Bertz CT molecular complexity index is 1210. The molecule has 0 bridgehead atoms. The molecule has 2 aromatic rings. The van der Waals surface area contributed by atoms with Gasteiger partial charge in [-0.2, -0.15) is 13.2 Å². The first kappa shape index (κ1) is 20.9. The van der Waals surface area contributed by atoms with Crippen molar-refractivity contribution in [3.63, 3.8) is 0 Å². The van der Waals surface area contributed by atoms with Crippen LogP contribution in [0.5, 0.6) is 0 Å². The number of nitrogens with zero attached hydrogens (tertiary/aromatic N) is 5. The van der Waals surface area contributed by atoms with E-state index in [4.69, 9.17) is 4.42 Å². The smallest absolute Gasteiger partial charge is 0.418 e. The summed E-state index contributed by atoms with van der Waals surface area (Å²) in [5.41, 5.74) is 4.23. The number of fused-ring (bicyclic) bond motifs is 1. The summed E-state index contributed by atoms with van der Waals surface area (Å²) < 4.78 is 46.8. The Morgan fingerprint density at radius 1 is 1.21 bits per heavy atom. The van der Waals surface area contributed by atoms with Crippen LogP contribution < -0.4 is 10.3 Å². The first-order chi connectivity index (χ1) is 15.9. The zero-order valence-electron chi connectivity index (χ0n) is 17.5. The zero-order valence-corrected chi connectivity index (χ0v) is 17.5. The summed E-state index contributed by atoms with van der Waals surface area (Å²) in [6.07, 6.45) is 4.24. The molecule has 8 nitrogen and oxygen atoms in total. The number of hydrogen-bond donors (Lipinski definition) is 1. The highest BCUT2D eigenvalue weighted by molar-refractivity contribution is 5.82. The number of carbonyl (C=O) groups is 1. The van der Waals surface area contributed by atoms with Crippen LogP contribution in [0.1, 0.15) is 17.3 Å². The lowest BCUT2D eigenvalue weighted by Crippen LogP contribution is -2.59. The van der Waals surface area contributed by atoms with Crippen LogP contribution in [-0.4, -0.2) is 45.5 Å². The molecule has 1 N–H and O–H groups in total. The molecule has 4 heterocycles. The maximum atomic E-state index is 13.7. The molecular weight excluding hydrogens is 437 g/mol. The number of anilines is 1. The molecule has 11 heteroatoms. The Hall–Kier alpha value is -4.02. The van der Waals surface area contributed by atoms with E-state index in [0.29, 0.717) is 42.2 Å². The second-order valence-corrected chi connectivity index (χ2v) is 7.70. The van der Waals surface area contributed by atoms with Crippen LogP contribution in [0.2, 0.25) is 0 Å². The van der Waals surface area contributed by atoms with Crippen molar-refractivity contribution in [1.29, 1.82) is 0 Å². The van der Waals surface area contributed by atoms with Gasteiger partial charge in [-0.05, 0) is 24.3 Å². The molecule has 1 fully saturated rings. The highest BCUT2D eigenvalue weighted by atomic mass is 19.4. The van der Waals surface area contributed by atoms with E-state index in [1.54, 1.807) is 37.7 Å². The van der Waals surface area contributed by atoms with Gasteiger partial charge in [0, 0.05) is 38.6 Å². The summed E-state index contributed by atoms with van der Waals surface area (Å²) in [6, 6.07) is 5.45. The van der Waals surface area contributed by atoms with Gasteiger partial charge in [-0.25, -0.2) is 0 Å². The lowest BCUT2D eigenvalue weighted by Gasteiger charge is -2.45. The molecular formula is C22H19F3N6O2. The highest BCUT2D eigenvalue weighted by Crippen LogP contribution is 2.43. The van der Waals surface area contributed by atoms with Gasteiger partial charge in [-0.3, -0.25) is 9.80 Å². The third-order valence-corrected chi connectivity index (χ3v) is 5.59. The number of para-hydroxylation sites is 1. The Kier molecular flexibility index (Phi) is 4.95. The third-order valence-electron chi connectivity index (χ3n) is 5.59. The molecule has 0 amide bonds. The molecule has 33 heavy (non-hydrogen) atoms. The van der Waals surface area contributed by atoms with E-state index in [1.165, 1.54) is 23.1 Å². The number of carbonyl (C=O) groups excluding carboxylic acids is 1. The average molecular weight is 456 g/mol. The van der Waals surface area contributed by atoms with Gasteiger partial charge >= 0.3 is 6.18 Å². The lowest BCUT2D eigenvalue weighted by molar-refractivity contribution is -0.137. The number of hydrazine groups is 1. The quantitative estimate of drug-likeness (QED) is 0.543. The fourth-order valence-electron chi connectivity index (χ4n) is 4.08. The second kappa shape index (κ2) is 7.84. The Balaban J connectivity index is 1.54. The largest absolute Gasteiger partial charge is 0.421 e. The molecule has 3 aliphatic heterocycles. The van der Waals surface area contributed by atoms with E-state index >= 15 is 0 Å². The molecule has 1 saturated heterocycles. The number of rotatable bonds is 5. The molecule has 1 aromatic carbocycles. The van der Waals surface area contributed by atoms with E-state index in [9.17, 15) is 18.0 Å². The molecule has 0 radical (unpaired) electrons. The van der Waals surface area contributed by atoms with E-state index in [2.05, 4.69) is 15.6 Å². The summed E-state index contributed by atoms with van der Waals surface area (Å²) in [5.74, 6) is 0.660. The maximum absolute atomic E-state index is 13.7. The fourth-order valence-corrected chi connectivity index (χ4v) is 4.08. The molecule has 0 atom stereocenters. The van der Waals surface area contributed by atoms with Crippen LogP contribution in [0.25, 0.3) is 5.57 Å². The molecule has 0 saturated carbocycles. The minimum Gasteiger partial charge on any atom is -0.421 e. The molecule has 0 unspecified atom stereocenters. The van der Waals surface area contributed by atoms with Gasteiger partial charge in [0.1, 0.15) is 6.29 Å². The summed E-state index contributed by atoms with van der Waals surface area (Å²) in [6.45, 7) is 2.92. The molecule has 3 aliphatic rings. The topological polar surface area (TPSA) is 77.7 Å². The second-order valence-electron chi connectivity index (χ2n) is 7.70. The zero-order chi connectivity index (χ0) is 23.2. The molecule has 0 aliphatic carbocycles. The number of allylic oxidation sites excluding steroid dienone is 3. The number of aryl methyl sites for hydroxylation is 1. The number of nitrogens with one attached hydrogen (secondary N) is 1. The predicted octanol–water partition coefficient (Wildman–Crippen LogP) is 3.20. The maximum Gasteiger partial charge on any atom is 0.418 e. The molecule has 0 spiro atoms. The van der Waals surface area contributed by atoms with Gasteiger partial charge in [0.2, 0.25) is 11.8 Å². The summed E-state index contributed by atoms with van der Waals surface area (Å²) in [5, 5.41) is 9.90. The number of aldehydes is 1. The van der Waals surface area contributed by atoms with Crippen molar-refractivity contribution in [2.45, 2.75) is 19.1 Å². The molecule has 5 rings (SSSR count). The van der Waals surface area contributed by atoms with Gasteiger partial charge in [0.15, 0.2) is 0 Å². The van der Waals surface area contributed by atoms with Crippen molar-refractivity contribution in [1.82, 2.24) is 25.5 Å². The van der Waals surface area contributed by atoms with Crippen molar-refractivity contribution in [3.05, 3.63) is 83.8 Å². The van der Waals surface area contributed by atoms with Crippen LogP contribution in [0.15, 0.2) is 70.8 Å². The standard InChI is InChI=1S/C22H19F3N6O2/c1-14-27-28-21(33-14)16-7-9-30(18-6-3-2-5-17(18)22(23,24)25)19-11-26-31(20(16)19)15-12-29(13-15)8-4-10-32/h2-11,15,26H,12-13H2,1H3. The summed E-state index contributed by atoms with van der Waals surface area (Å²) >= 11 is 0. The van der Waals surface area contributed by atoms with Crippen molar-refractivity contribution in [2.75, 3.05) is 18.0 Å². The van der Waals surface area contributed by atoms with E-state index in [0.717, 1.165) is 6.07 Å². The van der Waals surface area contributed by atoms with Crippen molar-refractivity contribution < 1.29 is 22.4 Å². The normalized spacial score (nSPS) is 18.5. The minimum atomic E-state index is -4.51. The molecule has 1 aromatic heterocycles. The number of hydrogen-bond acceptors (Lipinski definition) is 8. The van der Waals surface area contributed by atoms with Crippen LogP contribution in [-0.2, 0) is 11.0 Å². The van der Waals surface area contributed by atoms with Gasteiger partial charge in [0.25, 0.3) is 0 Å². The average Bonchev–Trinajstić information content (AvgIpc) is 3.38. The Morgan fingerprint density at radius 3 is 2.70 bits per heavy atom. The summed E-state index contributed by atoms with van der Waals surface area (Å²) in [7, 11) is 0. The van der Waals surface area contributed by atoms with Crippen LogP contribution in [0.3, 0.4) is 0 Å². The molecule has 170 valence electrons.